The fourth-order valence-electron chi connectivity index (χ4n) is 6.33. The third kappa shape index (κ3) is 4.15. The summed E-state index contributed by atoms with van der Waals surface area (Å²) in [5.41, 5.74) is -0.0580. The van der Waals surface area contributed by atoms with Crippen LogP contribution in [0.1, 0.15) is 41.2 Å². The van der Waals surface area contributed by atoms with Gasteiger partial charge in [0.25, 0.3) is 0 Å². The zero-order valence-corrected chi connectivity index (χ0v) is 22.1. The number of carbonyl (C=O) groups is 1. The monoisotopic (exact) mass is 594 g/mol. The van der Waals surface area contributed by atoms with Gasteiger partial charge in [-0.05, 0) is 66.8 Å². The molecule has 4 nitrogen and oxygen atoms in total. The van der Waals surface area contributed by atoms with Crippen molar-refractivity contribution in [2.24, 2.45) is 17.8 Å². The van der Waals surface area contributed by atoms with Crippen LogP contribution in [0.25, 0.3) is 0 Å². The summed E-state index contributed by atoms with van der Waals surface area (Å²) in [6.45, 7) is -0.319. The van der Waals surface area contributed by atoms with Gasteiger partial charge in [0.15, 0.2) is 0 Å². The molecular formula is C26H22BrF3N2O2S2. The van der Waals surface area contributed by atoms with Crippen molar-refractivity contribution in [3.63, 3.8) is 0 Å². The Morgan fingerprint density at radius 3 is 2.67 bits per heavy atom. The van der Waals surface area contributed by atoms with Crippen molar-refractivity contribution in [2.75, 3.05) is 5.32 Å². The lowest BCUT2D eigenvalue weighted by Crippen LogP contribution is -2.35. The van der Waals surface area contributed by atoms with E-state index in [1.807, 2.05) is 12.1 Å². The average Bonchev–Trinajstić information content (AvgIpc) is 3.52. The van der Waals surface area contributed by atoms with Gasteiger partial charge in [0, 0.05) is 20.5 Å². The number of thioether (sulfide) groups is 1. The summed E-state index contributed by atoms with van der Waals surface area (Å²) in [5, 5.41) is 3.55. The number of benzene rings is 2. The molecule has 3 aromatic rings. The SMILES string of the molecule is O=C(Cn1c2c(sc1=O)C(c1cccc(Br)c1)C1C3CCC(C3)C1S2)Nc1ccccc1C(F)(F)F. The molecule has 1 amide bonds. The zero-order chi connectivity index (χ0) is 25.2. The Morgan fingerprint density at radius 2 is 1.89 bits per heavy atom. The molecule has 5 atom stereocenters. The van der Waals surface area contributed by atoms with Gasteiger partial charge in [-0.25, -0.2) is 0 Å². The number of amides is 1. The molecule has 10 heteroatoms. The van der Waals surface area contributed by atoms with E-state index in [-0.39, 0.29) is 23.0 Å². The number of nitrogens with one attached hydrogen (secondary N) is 1. The number of fused-ring (bicyclic) bond motifs is 6. The fourth-order valence-corrected chi connectivity index (χ4v) is 9.90. The second kappa shape index (κ2) is 9.06. The predicted molar refractivity (Wildman–Crippen MR) is 139 cm³/mol. The number of rotatable bonds is 4. The molecular weight excluding hydrogens is 573 g/mol. The van der Waals surface area contributed by atoms with Crippen molar-refractivity contribution in [1.29, 1.82) is 0 Å². The van der Waals surface area contributed by atoms with Crippen molar-refractivity contribution in [3.05, 3.63) is 78.7 Å². The fraction of sp³-hybridized carbons (Fsp3) is 0.385. The molecule has 0 saturated heterocycles. The highest BCUT2D eigenvalue weighted by molar-refractivity contribution is 9.10. The normalized spacial score (nSPS) is 26.5. The van der Waals surface area contributed by atoms with E-state index >= 15 is 0 Å². The van der Waals surface area contributed by atoms with Crippen LogP contribution < -0.4 is 10.2 Å². The van der Waals surface area contributed by atoms with E-state index in [4.69, 9.17) is 0 Å². The van der Waals surface area contributed by atoms with Gasteiger partial charge in [0.05, 0.1) is 16.3 Å². The van der Waals surface area contributed by atoms with Crippen molar-refractivity contribution >= 4 is 50.6 Å². The second-order valence-electron chi connectivity index (χ2n) is 9.74. The van der Waals surface area contributed by atoms with Gasteiger partial charge in [-0.15, -0.1) is 11.8 Å². The zero-order valence-electron chi connectivity index (χ0n) is 18.9. The van der Waals surface area contributed by atoms with Crippen LogP contribution in [0.4, 0.5) is 18.9 Å². The van der Waals surface area contributed by atoms with Gasteiger partial charge in [-0.1, -0.05) is 51.5 Å². The summed E-state index contributed by atoms with van der Waals surface area (Å²) in [4.78, 5) is 26.8. The van der Waals surface area contributed by atoms with E-state index in [2.05, 4.69) is 33.4 Å². The number of hydrogen-bond donors (Lipinski definition) is 1. The van der Waals surface area contributed by atoms with E-state index < -0.39 is 17.6 Å². The molecule has 2 fully saturated rings. The van der Waals surface area contributed by atoms with Gasteiger partial charge < -0.3 is 5.32 Å². The molecule has 188 valence electrons. The third-order valence-electron chi connectivity index (χ3n) is 7.71. The van der Waals surface area contributed by atoms with Gasteiger partial charge in [-0.2, -0.15) is 13.2 Å². The number of thiazole rings is 1. The Bertz CT molecular complexity index is 1400. The van der Waals surface area contributed by atoms with Crippen LogP contribution in [0.2, 0.25) is 0 Å². The predicted octanol–water partition coefficient (Wildman–Crippen LogP) is 6.98. The summed E-state index contributed by atoms with van der Waals surface area (Å²) in [6.07, 6.45) is -1.00. The second-order valence-corrected chi connectivity index (χ2v) is 12.8. The summed E-state index contributed by atoms with van der Waals surface area (Å²) >= 11 is 6.45. The van der Waals surface area contributed by atoms with Gasteiger partial charge in [0.2, 0.25) is 5.91 Å². The smallest absolute Gasteiger partial charge is 0.324 e. The number of carbonyl (C=O) groups excluding carboxylic acids is 1. The molecule has 1 aromatic heterocycles. The lowest BCUT2D eigenvalue weighted by molar-refractivity contribution is -0.137. The molecule has 0 spiro atoms. The number of hydrogen-bond acceptors (Lipinski definition) is 4. The molecule has 2 saturated carbocycles. The summed E-state index contributed by atoms with van der Waals surface area (Å²) in [7, 11) is 0. The molecule has 6 rings (SSSR count). The third-order valence-corrected chi connectivity index (χ3v) is 11.0. The maximum atomic E-state index is 13.4. The first-order valence-corrected chi connectivity index (χ1v) is 14.3. The molecule has 2 heterocycles. The lowest BCUT2D eigenvalue weighted by Gasteiger charge is -2.40. The first-order chi connectivity index (χ1) is 17.2. The Morgan fingerprint density at radius 1 is 1.11 bits per heavy atom. The summed E-state index contributed by atoms with van der Waals surface area (Å²) < 4.78 is 42.6. The van der Waals surface area contributed by atoms with Crippen molar-refractivity contribution in [2.45, 2.75) is 48.2 Å². The van der Waals surface area contributed by atoms with Crippen LogP contribution in [0, 0.1) is 17.8 Å². The van der Waals surface area contributed by atoms with Crippen molar-refractivity contribution in [3.8, 4) is 0 Å². The van der Waals surface area contributed by atoms with Crippen LogP contribution in [-0.4, -0.2) is 15.7 Å². The Kier molecular flexibility index (Phi) is 6.12. The minimum atomic E-state index is -4.59. The summed E-state index contributed by atoms with van der Waals surface area (Å²) in [5.74, 6) is 1.08. The highest BCUT2D eigenvalue weighted by atomic mass is 79.9. The molecule has 1 N–H and O–H groups in total. The van der Waals surface area contributed by atoms with Gasteiger partial charge in [-0.3, -0.25) is 14.2 Å². The minimum Gasteiger partial charge on any atom is -0.324 e. The van der Waals surface area contributed by atoms with E-state index in [1.54, 1.807) is 11.8 Å². The molecule has 5 unspecified atom stereocenters. The lowest BCUT2D eigenvalue weighted by atomic mass is 9.75. The first-order valence-electron chi connectivity index (χ1n) is 11.8. The Balaban J connectivity index is 1.35. The van der Waals surface area contributed by atoms with Gasteiger partial charge >= 0.3 is 11.0 Å². The standard InChI is InChI=1S/C26H22BrF3N2O2S2/c27-16-5-3-4-13(11-16)21-20-14-8-9-15(10-14)22(20)35-24-23(21)36-25(34)32(24)12-19(33)31-18-7-2-1-6-17(18)26(28,29)30/h1-7,11,14-15,20-22H,8-10,12H2,(H,31,33). The molecule has 36 heavy (non-hydrogen) atoms. The number of halogens is 4. The molecule has 2 bridgehead atoms. The van der Waals surface area contributed by atoms with E-state index in [0.29, 0.717) is 23.0 Å². The highest BCUT2D eigenvalue weighted by Gasteiger charge is 2.55. The minimum absolute atomic E-state index is 0.0759. The molecule has 2 aliphatic carbocycles. The molecule has 3 aliphatic rings. The topological polar surface area (TPSA) is 51.1 Å². The number of alkyl halides is 3. The van der Waals surface area contributed by atoms with Crippen LogP contribution in [0.15, 0.2) is 62.8 Å². The van der Waals surface area contributed by atoms with E-state index in [1.165, 1.54) is 53.4 Å². The Labute approximate surface area is 222 Å². The van der Waals surface area contributed by atoms with E-state index in [9.17, 15) is 22.8 Å². The van der Waals surface area contributed by atoms with Crippen LogP contribution >= 0.6 is 39.0 Å². The highest BCUT2D eigenvalue weighted by Crippen LogP contribution is 2.64. The van der Waals surface area contributed by atoms with Gasteiger partial charge in [0.1, 0.15) is 6.54 Å². The largest absolute Gasteiger partial charge is 0.418 e. The van der Waals surface area contributed by atoms with Crippen LogP contribution in [0.3, 0.4) is 0 Å². The number of nitrogens with zero attached hydrogens (tertiary/aromatic N) is 1. The van der Waals surface area contributed by atoms with Crippen LogP contribution in [-0.2, 0) is 17.5 Å². The Hall–Kier alpha value is -2.04. The maximum Gasteiger partial charge on any atom is 0.418 e. The summed E-state index contributed by atoms with van der Waals surface area (Å²) in [6, 6.07) is 13.1. The maximum absolute atomic E-state index is 13.4. The van der Waals surface area contributed by atoms with Crippen molar-refractivity contribution < 1.29 is 18.0 Å². The number of anilines is 1. The van der Waals surface area contributed by atoms with E-state index in [0.717, 1.165) is 26.0 Å². The average molecular weight is 596 g/mol. The van der Waals surface area contributed by atoms with Crippen LogP contribution in [0.5, 0.6) is 0 Å². The first kappa shape index (κ1) is 24.3. The molecule has 2 aromatic carbocycles. The number of aromatic nitrogens is 1. The van der Waals surface area contributed by atoms with Crippen molar-refractivity contribution in [1.82, 2.24) is 4.57 Å². The number of para-hydroxylation sites is 1. The molecule has 0 radical (unpaired) electrons. The molecule has 1 aliphatic heterocycles. The quantitative estimate of drug-likeness (QED) is 0.354.